The van der Waals surface area contributed by atoms with Gasteiger partial charge in [-0.05, 0) is 67.0 Å². The average molecular weight is 934 g/mol. The van der Waals surface area contributed by atoms with Crippen LogP contribution in [0.5, 0.6) is 11.8 Å². The number of carbonyl (C=O) groups is 6. The highest BCUT2D eigenvalue weighted by Gasteiger charge is 2.35. The summed E-state index contributed by atoms with van der Waals surface area (Å²) in [5.41, 5.74) is 16.4. The Kier molecular flexibility index (Phi) is 21.4. The average Bonchev–Trinajstić information content (AvgIpc) is 3.62. The van der Waals surface area contributed by atoms with Gasteiger partial charge in [0.25, 0.3) is 11.8 Å². The highest BCUT2D eigenvalue weighted by molar-refractivity contribution is 6.15. The van der Waals surface area contributed by atoms with Crippen molar-refractivity contribution in [2.75, 3.05) is 63.8 Å². The van der Waals surface area contributed by atoms with Crippen molar-refractivity contribution in [2.45, 2.75) is 86.0 Å². The molecule has 2 aromatic heterocycles. The van der Waals surface area contributed by atoms with E-state index in [0.717, 1.165) is 22.3 Å². The number of fused-ring (bicyclic) bond motifs is 4. The molecule has 0 fully saturated rings. The molecular weight excluding hydrogens is 872 g/mol. The minimum absolute atomic E-state index is 0.0671. The van der Waals surface area contributed by atoms with Crippen LogP contribution in [0.15, 0.2) is 49.1 Å². The summed E-state index contributed by atoms with van der Waals surface area (Å²) in [4.78, 5) is 92.8. The highest BCUT2D eigenvalue weighted by Crippen LogP contribution is 2.36. The van der Waals surface area contributed by atoms with Gasteiger partial charge in [0.15, 0.2) is 11.6 Å². The number of nitrogens with zero attached hydrogens (tertiary/aromatic N) is 6. The minimum Gasteiger partial charge on any atom is -0.480 e. The normalized spacial score (nSPS) is 16.6. The molecule has 2 atom stereocenters. The molecule has 0 bridgehead atoms. The number of alkyl halides is 1. The maximum absolute atomic E-state index is 13.2. The monoisotopic (exact) mass is 932 g/mol. The van der Waals surface area contributed by atoms with E-state index in [0.29, 0.717) is 63.1 Å². The number of carbonyl (C=O) groups excluding carboxylic acids is 5. The fourth-order valence-corrected chi connectivity index (χ4v) is 7.61. The van der Waals surface area contributed by atoms with Gasteiger partial charge >= 0.3 is 11.9 Å². The third kappa shape index (κ3) is 12.6. The van der Waals surface area contributed by atoms with E-state index in [2.05, 4.69) is 31.5 Å². The molecule has 0 aliphatic carbocycles. The first kappa shape index (κ1) is 53.6. The standard InChI is InChI=1S/C21H22N4O5.C19H18N4O5.3C2H6.CH3Cl/c1-2-29-16(26)10-25-7-5-13-9-12(3-4-15(13)21(25)28)14-6-8-30-20-17(18(14)27)19(22)23-11-24-20;20-17-15-16(26)12(4-6-28-18(15)22-9-21-17)10-1-2-13-11(7-10)3-5-23(19(13)27)8-14(24)25;4*1-2/h3-4,9,11,14H,2,5-8,10H2,1H3,(H2,22,23,24);1-2,7,9,12H,3-6,8H2,(H,24,25)(H2,20,21,22);3*1-2H3;1H3. The summed E-state index contributed by atoms with van der Waals surface area (Å²) in [5, 5.41) is 8.94. The Bertz CT molecular complexity index is 2350. The maximum Gasteiger partial charge on any atom is 0.325 e. The zero-order valence-electron chi connectivity index (χ0n) is 38.9. The summed E-state index contributed by atoms with van der Waals surface area (Å²) >= 11 is 4.64. The molecule has 6 heterocycles. The fourth-order valence-electron chi connectivity index (χ4n) is 7.61. The third-order valence-electron chi connectivity index (χ3n) is 10.5. The number of nitrogen functional groups attached to an aromatic ring is 2. The van der Waals surface area contributed by atoms with Crippen molar-refractivity contribution < 1.29 is 48.1 Å². The summed E-state index contributed by atoms with van der Waals surface area (Å²) < 4.78 is 16.1. The van der Waals surface area contributed by atoms with Crippen molar-refractivity contribution in [1.82, 2.24) is 29.7 Å². The molecule has 19 heteroatoms. The van der Waals surface area contributed by atoms with Gasteiger partial charge < -0.3 is 40.6 Å². The molecule has 66 heavy (non-hydrogen) atoms. The van der Waals surface area contributed by atoms with Gasteiger partial charge in [0.1, 0.15) is 48.5 Å². The summed E-state index contributed by atoms with van der Waals surface area (Å²) in [6.07, 6.45) is 6.04. The largest absolute Gasteiger partial charge is 0.480 e. The maximum atomic E-state index is 13.2. The lowest BCUT2D eigenvalue weighted by Crippen LogP contribution is -2.41. The number of hydrogen-bond donors (Lipinski definition) is 3. The topological polar surface area (TPSA) is 260 Å². The van der Waals surface area contributed by atoms with E-state index in [4.69, 9.17) is 30.8 Å². The molecule has 0 spiro atoms. The van der Waals surface area contributed by atoms with E-state index in [1.54, 1.807) is 31.2 Å². The first-order chi connectivity index (χ1) is 31.9. The molecule has 4 aliphatic heterocycles. The van der Waals surface area contributed by atoms with Crippen molar-refractivity contribution >= 4 is 58.6 Å². The van der Waals surface area contributed by atoms with E-state index in [9.17, 15) is 28.8 Å². The van der Waals surface area contributed by atoms with Crippen LogP contribution in [0.2, 0.25) is 0 Å². The van der Waals surface area contributed by atoms with E-state index >= 15 is 0 Å². The molecule has 2 amide bonds. The summed E-state index contributed by atoms with van der Waals surface area (Å²) in [6, 6.07) is 10.6. The molecule has 2 aromatic carbocycles. The number of carboxylic acid groups (broad SMARTS) is 1. The van der Waals surface area contributed by atoms with Gasteiger partial charge in [-0.2, -0.15) is 0 Å². The first-order valence-electron chi connectivity index (χ1n) is 22.1. The van der Waals surface area contributed by atoms with Crippen molar-refractivity contribution in [3.05, 3.63) is 93.6 Å². The third-order valence-corrected chi connectivity index (χ3v) is 10.5. The van der Waals surface area contributed by atoms with Crippen LogP contribution in [0, 0.1) is 0 Å². The predicted octanol–water partition coefficient (Wildman–Crippen LogP) is 6.19. The Hall–Kier alpha value is -6.69. The fraction of sp³-hybridized carbons (Fsp3) is 0.447. The predicted molar refractivity (Wildman–Crippen MR) is 249 cm³/mol. The van der Waals surface area contributed by atoms with Crippen molar-refractivity contribution in [2.24, 2.45) is 0 Å². The number of anilines is 2. The van der Waals surface area contributed by atoms with Crippen LogP contribution in [0.25, 0.3) is 0 Å². The van der Waals surface area contributed by atoms with Crippen LogP contribution < -0.4 is 20.9 Å². The summed E-state index contributed by atoms with van der Waals surface area (Å²) in [7, 11) is 0. The number of aromatic nitrogens is 4. The molecule has 0 radical (unpaired) electrons. The number of halogens is 1. The summed E-state index contributed by atoms with van der Waals surface area (Å²) in [6.45, 7) is 15.0. The van der Waals surface area contributed by atoms with E-state index < -0.39 is 23.8 Å². The Morgan fingerprint density at radius 1 is 0.697 bits per heavy atom. The van der Waals surface area contributed by atoms with E-state index in [1.807, 2.05) is 53.7 Å². The van der Waals surface area contributed by atoms with E-state index in [1.165, 1.54) is 28.8 Å². The molecule has 8 rings (SSSR count). The lowest BCUT2D eigenvalue weighted by Gasteiger charge is -2.28. The van der Waals surface area contributed by atoms with Crippen LogP contribution in [0.3, 0.4) is 0 Å². The second-order valence-electron chi connectivity index (χ2n) is 14.0. The Labute approximate surface area is 390 Å². The Balaban J connectivity index is 0.000000305. The number of Topliss-reactive ketones (excluding diaryl/α,β-unsaturated/α-hetero) is 2. The SMILES string of the molecule is CC.CC.CC.CCOC(=O)CN1CCc2cc(C3CCOc4ncnc(N)c4C3=O)ccc2C1=O.CCl.Nc1ncnc2c1C(=O)C(c1ccc3c(c1)CCN(CC(=O)O)C3=O)CCO2. The molecule has 4 aliphatic rings. The lowest BCUT2D eigenvalue weighted by molar-refractivity contribution is -0.144. The van der Waals surface area contributed by atoms with Crippen LogP contribution in [-0.2, 0) is 27.2 Å². The van der Waals surface area contributed by atoms with Gasteiger partial charge in [0, 0.05) is 30.6 Å². The van der Waals surface area contributed by atoms with Gasteiger partial charge in [0.2, 0.25) is 11.8 Å². The van der Waals surface area contributed by atoms with Crippen molar-refractivity contribution in [3.8, 4) is 11.8 Å². The zero-order chi connectivity index (χ0) is 49.1. The van der Waals surface area contributed by atoms with Gasteiger partial charge in [-0.15, -0.1) is 11.6 Å². The molecule has 18 nitrogen and oxygen atoms in total. The van der Waals surface area contributed by atoms with Crippen LogP contribution in [0.1, 0.15) is 137 Å². The number of rotatable bonds is 7. The number of hydrogen-bond acceptors (Lipinski definition) is 15. The zero-order valence-corrected chi connectivity index (χ0v) is 39.6. The number of carboxylic acids is 1. The number of esters is 1. The smallest absolute Gasteiger partial charge is 0.325 e. The van der Waals surface area contributed by atoms with Crippen molar-refractivity contribution in [1.29, 1.82) is 0 Å². The molecule has 4 aromatic rings. The molecule has 0 saturated heterocycles. The van der Waals surface area contributed by atoms with Gasteiger partial charge in [-0.1, -0.05) is 65.8 Å². The number of nitrogens with two attached hydrogens (primary N) is 2. The molecule has 0 saturated carbocycles. The number of amides is 2. The Morgan fingerprint density at radius 2 is 1.11 bits per heavy atom. The first-order valence-corrected chi connectivity index (χ1v) is 22.8. The second kappa shape index (κ2) is 26.3. The number of ketones is 2. The molecular formula is C47H61ClN8O10. The Morgan fingerprint density at radius 3 is 1.50 bits per heavy atom. The molecule has 5 N–H and O–H groups in total. The number of aliphatic carboxylic acids is 1. The lowest BCUT2D eigenvalue weighted by atomic mass is 9.86. The van der Waals surface area contributed by atoms with Gasteiger partial charge in [-0.25, -0.2) is 19.9 Å². The van der Waals surface area contributed by atoms with E-state index in [-0.39, 0.29) is 77.6 Å². The number of benzene rings is 2. The van der Waals surface area contributed by atoms with Gasteiger partial charge in [0.05, 0.1) is 31.7 Å². The number of ether oxygens (including phenoxy) is 3. The quantitative estimate of drug-likeness (QED) is 0.138. The summed E-state index contributed by atoms with van der Waals surface area (Å²) in [5.74, 6) is -2.75. The van der Waals surface area contributed by atoms with Crippen molar-refractivity contribution in [3.63, 3.8) is 0 Å². The minimum atomic E-state index is -1.05. The van der Waals surface area contributed by atoms with Gasteiger partial charge in [-0.3, -0.25) is 28.8 Å². The second-order valence-corrected chi connectivity index (χ2v) is 14.0. The van der Waals surface area contributed by atoms with Crippen LogP contribution >= 0.6 is 11.6 Å². The molecule has 2 unspecified atom stereocenters. The highest BCUT2D eigenvalue weighted by atomic mass is 35.5. The van der Waals surface area contributed by atoms with Crippen LogP contribution in [0.4, 0.5) is 11.6 Å². The van der Waals surface area contributed by atoms with Crippen LogP contribution in [-0.4, -0.2) is 123 Å². The molecule has 356 valence electrons.